The molecule has 1 aromatic rings. The van der Waals surface area contributed by atoms with Gasteiger partial charge in [0, 0.05) is 12.1 Å². The lowest BCUT2D eigenvalue weighted by molar-refractivity contribution is -0.107. The Morgan fingerprint density at radius 2 is 2.11 bits per heavy atom. The highest BCUT2D eigenvalue weighted by Gasteiger charge is 2.17. The number of anilines is 1. The fraction of sp³-hybridized carbons (Fsp3) is 0.385. The van der Waals surface area contributed by atoms with Crippen molar-refractivity contribution < 1.29 is 18.7 Å². The first-order valence-electron chi connectivity index (χ1n) is 5.54. The predicted molar refractivity (Wildman–Crippen MR) is 66.0 cm³/mol. The molecule has 0 spiro atoms. The smallest absolute Gasteiger partial charge is 0.412 e. The van der Waals surface area contributed by atoms with Gasteiger partial charge in [-0.3, -0.25) is 5.32 Å². The van der Waals surface area contributed by atoms with Crippen molar-refractivity contribution in [1.82, 2.24) is 0 Å². The molecule has 5 heteroatoms. The summed E-state index contributed by atoms with van der Waals surface area (Å²) in [5.41, 5.74) is 0.170. The minimum atomic E-state index is -0.638. The van der Waals surface area contributed by atoms with Gasteiger partial charge in [0.15, 0.2) is 0 Å². The molecule has 0 aliphatic heterocycles. The van der Waals surface area contributed by atoms with Crippen LogP contribution in [-0.4, -0.2) is 18.0 Å². The second-order valence-electron chi connectivity index (χ2n) is 4.80. The van der Waals surface area contributed by atoms with Gasteiger partial charge in [-0.05, 0) is 44.5 Å². The number of hydrogen-bond acceptors (Lipinski definition) is 3. The Morgan fingerprint density at radius 1 is 1.44 bits per heavy atom. The third-order valence-electron chi connectivity index (χ3n) is 2.01. The van der Waals surface area contributed by atoms with Crippen molar-refractivity contribution >= 4 is 18.1 Å². The lowest BCUT2D eigenvalue weighted by Gasteiger charge is -2.20. The molecule has 18 heavy (non-hydrogen) atoms. The SMILES string of the molecule is CC(C)(C)OC(=O)Nc1ccc(F)cc1CC=O. The van der Waals surface area contributed by atoms with Crippen LogP contribution < -0.4 is 5.32 Å². The molecule has 1 N–H and O–H groups in total. The molecule has 1 amide bonds. The Bertz CT molecular complexity index is 452. The molecule has 0 fully saturated rings. The summed E-state index contributed by atoms with van der Waals surface area (Å²) in [6, 6.07) is 3.82. The van der Waals surface area contributed by atoms with Gasteiger partial charge >= 0.3 is 6.09 Å². The van der Waals surface area contributed by atoms with Crippen LogP contribution in [0.2, 0.25) is 0 Å². The average molecular weight is 253 g/mol. The van der Waals surface area contributed by atoms with Crippen LogP contribution in [0.3, 0.4) is 0 Å². The summed E-state index contributed by atoms with van der Waals surface area (Å²) >= 11 is 0. The van der Waals surface area contributed by atoms with Gasteiger partial charge in [-0.15, -0.1) is 0 Å². The Hall–Kier alpha value is -1.91. The van der Waals surface area contributed by atoms with Crippen LogP contribution in [-0.2, 0) is 16.0 Å². The number of hydrogen-bond donors (Lipinski definition) is 1. The molecule has 0 aromatic heterocycles. The molecule has 0 saturated heterocycles. The maximum absolute atomic E-state index is 13.0. The molecule has 0 radical (unpaired) electrons. The van der Waals surface area contributed by atoms with E-state index in [-0.39, 0.29) is 6.42 Å². The zero-order valence-electron chi connectivity index (χ0n) is 10.6. The first kappa shape index (κ1) is 14.2. The van der Waals surface area contributed by atoms with Gasteiger partial charge in [-0.1, -0.05) is 0 Å². The van der Waals surface area contributed by atoms with Crippen molar-refractivity contribution in [2.75, 3.05) is 5.32 Å². The monoisotopic (exact) mass is 253 g/mol. The molecule has 1 rings (SSSR count). The molecule has 0 bridgehead atoms. The second-order valence-corrected chi connectivity index (χ2v) is 4.80. The number of rotatable bonds is 3. The van der Waals surface area contributed by atoms with E-state index in [9.17, 15) is 14.0 Å². The van der Waals surface area contributed by atoms with Gasteiger partial charge in [0.1, 0.15) is 17.7 Å². The largest absolute Gasteiger partial charge is 0.444 e. The van der Waals surface area contributed by atoms with Crippen LogP contribution in [0.1, 0.15) is 26.3 Å². The molecular formula is C13H16FNO3. The normalized spacial score (nSPS) is 10.9. The van der Waals surface area contributed by atoms with Crippen LogP contribution in [0, 0.1) is 5.82 Å². The van der Waals surface area contributed by atoms with Crippen molar-refractivity contribution in [2.45, 2.75) is 32.8 Å². The fourth-order valence-corrected chi connectivity index (χ4v) is 1.36. The Kier molecular flexibility index (Phi) is 4.42. The average Bonchev–Trinajstić information content (AvgIpc) is 2.20. The number of aldehydes is 1. The topological polar surface area (TPSA) is 55.4 Å². The highest BCUT2D eigenvalue weighted by Crippen LogP contribution is 2.18. The maximum atomic E-state index is 13.0. The summed E-state index contributed by atoms with van der Waals surface area (Å²) in [4.78, 5) is 22.0. The van der Waals surface area contributed by atoms with E-state index < -0.39 is 17.5 Å². The van der Waals surface area contributed by atoms with Crippen molar-refractivity contribution in [3.05, 3.63) is 29.6 Å². The minimum absolute atomic E-state index is 0.0306. The van der Waals surface area contributed by atoms with Crippen LogP contribution in [0.4, 0.5) is 14.9 Å². The lowest BCUT2D eigenvalue weighted by Crippen LogP contribution is -2.27. The predicted octanol–water partition coefficient (Wildman–Crippen LogP) is 2.91. The summed E-state index contributed by atoms with van der Waals surface area (Å²) < 4.78 is 18.1. The fourth-order valence-electron chi connectivity index (χ4n) is 1.36. The summed E-state index contributed by atoms with van der Waals surface area (Å²) in [5, 5.41) is 2.49. The Labute approximate surface area is 105 Å². The third kappa shape index (κ3) is 4.53. The highest BCUT2D eigenvalue weighted by molar-refractivity contribution is 5.86. The summed E-state index contributed by atoms with van der Waals surface area (Å²) in [5.74, 6) is -0.457. The van der Waals surface area contributed by atoms with E-state index in [0.29, 0.717) is 17.5 Å². The third-order valence-corrected chi connectivity index (χ3v) is 2.01. The molecule has 1 aromatic carbocycles. The van der Waals surface area contributed by atoms with E-state index in [2.05, 4.69) is 5.32 Å². The molecule has 0 saturated carbocycles. The van der Waals surface area contributed by atoms with Gasteiger partial charge in [0.2, 0.25) is 0 Å². The second kappa shape index (κ2) is 5.62. The zero-order chi connectivity index (χ0) is 13.8. The van der Waals surface area contributed by atoms with E-state index in [1.807, 2.05) is 0 Å². The number of amides is 1. The van der Waals surface area contributed by atoms with E-state index in [4.69, 9.17) is 4.74 Å². The summed E-state index contributed by atoms with van der Waals surface area (Å²) in [6.45, 7) is 5.22. The van der Waals surface area contributed by atoms with Crippen LogP contribution in [0.15, 0.2) is 18.2 Å². The van der Waals surface area contributed by atoms with Crippen LogP contribution >= 0.6 is 0 Å². The molecule has 0 unspecified atom stereocenters. The first-order chi connectivity index (χ1) is 8.31. The van der Waals surface area contributed by atoms with E-state index in [1.54, 1.807) is 20.8 Å². The van der Waals surface area contributed by atoms with Gasteiger partial charge in [0.25, 0.3) is 0 Å². The molecular weight excluding hydrogens is 237 g/mol. The van der Waals surface area contributed by atoms with Crippen molar-refractivity contribution in [3.8, 4) is 0 Å². The van der Waals surface area contributed by atoms with Crippen LogP contribution in [0.25, 0.3) is 0 Å². The number of carbonyl (C=O) groups is 2. The number of benzene rings is 1. The number of halogens is 1. The van der Waals surface area contributed by atoms with Gasteiger partial charge < -0.3 is 9.53 Å². The van der Waals surface area contributed by atoms with Crippen molar-refractivity contribution in [3.63, 3.8) is 0 Å². The van der Waals surface area contributed by atoms with Crippen molar-refractivity contribution in [1.29, 1.82) is 0 Å². The molecule has 0 aliphatic rings. The first-order valence-corrected chi connectivity index (χ1v) is 5.54. The number of nitrogens with one attached hydrogen (secondary N) is 1. The zero-order valence-corrected chi connectivity index (χ0v) is 10.6. The van der Waals surface area contributed by atoms with Crippen molar-refractivity contribution in [2.24, 2.45) is 0 Å². The standard InChI is InChI=1S/C13H16FNO3/c1-13(2,3)18-12(17)15-11-5-4-10(14)8-9(11)6-7-16/h4-5,7-8H,6H2,1-3H3,(H,15,17). The van der Waals surface area contributed by atoms with Gasteiger partial charge in [0.05, 0.1) is 0 Å². The Balaban J connectivity index is 2.83. The Morgan fingerprint density at radius 3 is 2.67 bits per heavy atom. The van der Waals surface area contributed by atoms with Gasteiger partial charge in [-0.2, -0.15) is 0 Å². The number of ether oxygens (including phenoxy) is 1. The lowest BCUT2D eigenvalue weighted by atomic mass is 10.1. The quantitative estimate of drug-likeness (QED) is 0.843. The van der Waals surface area contributed by atoms with E-state index >= 15 is 0 Å². The highest BCUT2D eigenvalue weighted by atomic mass is 19.1. The van der Waals surface area contributed by atoms with Gasteiger partial charge in [-0.25, -0.2) is 9.18 Å². The number of carbonyl (C=O) groups excluding carboxylic acids is 2. The summed E-state index contributed by atoms with van der Waals surface area (Å²) in [7, 11) is 0. The summed E-state index contributed by atoms with van der Waals surface area (Å²) in [6.07, 6.45) is 0.0408. The van der Waals surface area contributed by atoms with E-state index in [1.165, 1.54) is 18.2 Å². The van der Waals surface area contributed by atoms with Crippen LogP contribution in [0.5, 0.6) is 0 Å². The molecule has 0 atom stereocenters. The molecule has 0 aliphatic carbocycles. The molecule has 0 heterocycles. The minimum Gasteiger partial charge on any atom is -0.444 e. The molecule has 98 valence electrons. The molecule has 4 nitrogen and oxygen atoms in total. The van der Waals surface area contributed by atoms with E-state index in [0.717, 1.165) is 0 Å². The maximum Gasteiger partial charge on any atom is 0.412 e.